The smallest absolute Gasteiger partial charge is 0.237 e. The molecule has 1 aliphatic heterocycles. The Bertz CT molecular complexity index is 182. The molecule has 0 unspecified atom stereocenters. The molecule has 13 heavy (non-hydrogen) atoms. The molecule has 1 aliphatic rings. The molecule has 0 aromatic heterocycles. The normalized spacial score (nSPS) is 15.2. The van der Waals surface area contributed by atoms with Crippen LogP contribution in [0.25, 0.3) is 0 Å². The molecule has 0 radical (unpaired) electrons. The summed E-state index contributed by atoms with van der Waals surface area (Å²) < 4.78 is 0. The van der Waals surface area contributed by atoms with Crippen LogP contribution in [-0.2, 0) is 9.59 Å². The fourth-order valence-electron chi connectivity index (χ4n) is 1.06. The lowest BCUT2D eigenvalue weighted by molar-refractivity contribution is -0.132. The summed E-state index contributed by atoms with van der Waals surface area (Å²) in [5.74, 6) is -0.394. The van der Waals surface area contributed by atoms with Crippen LogP contribution >= 0.6 is 0 Å². The maximum absolute atomic E-state index is 10.8. The van der Waals surface area contributed by atoms with Crippen LogP contribution in [0.3, 0.4) is 0 Å². The lowest BCUT2D eigenvalue weighted by Crippen LogP contribution is -2.34. The van der Waals surface area contributed by atoms with Crippen LogP contribution < -0.4 is 5.73 Å². The SMILES string of the molecule is CCO.NC(=O)CN1CCCC1=O. The Labute approximate surface area is 77.5 Å². The molecule has 0 spiro atoms. The van der Waals surface area contributed by atoms with E-state index < -0.39 is 5.91 Å². The third kappa shape index (κ3) is 5.19. The summed E-state index contributed by atoms with van der Waals surface area (Å²) in [6, 6.07) is 0. The molecule has 0 saturated carbocycles. The molecule has 1 saturated heterocycles. The standard InChI is InChI=1S/C6H10N2O2.C2H6O/c7-5(9)4-8-3-1-2-6(8)10;1-2-3/h1-4H2,(H2,7,9);3H,2H2,1H3. The van der Waals surface area contributed by atoms with E-state index in [1.165, 1.54) is 4.90 Å². The molecule has 1 rings (SSSR count). The summed E-state index contributed by atoms with van der Waals surface area (Å²) in [5.41, 5.74) is 4.90. The van der Waals surface area contributed by atoms with E-state index in [0.29, 0.717) is 13.0 Å². The number of rotatable bonds is 2. The Balaban J connectivity index is 0.000000424. The summed E-state index contributed by atoms with van der Waals surface area (Å²) in [7, 11) is 0. The molecule has 76 valence electrons. The highest BCUT2D eigenvalue weighted by molar-refractivity contribution is 5.84. The molecule has 1 heterocycles. The molecular formula is C8H16N2O3. The number of carbonyl (C=O) groups is 2. The zero-order valence-corrected chi connectivity index (χ0v) is 7.82. The number of carbonyl (C=O) groups excluding carboxylic acids is 2. The van der Waals surface area contributed by atoms with Gasteiger partial charge in [0, 0.05) is 19.6 Å². The number of hydrogen-bond donors (Lipinski definition) is 2. The van der Waals surface area contributed by atoms with Crippen molar-refractivity contribution >= 4 is 11.8 Å². The van der Waals surface area contributed by atoms with Crippen molar-refractivity contribution in [2.75, 3.05) is 19.7 Å². The van der Waals surface area contributed by atoms with Crippen molar-refractivity contribution in [1.29, 1.82) is 0 Å². The number of nitrogens with zero attached hydrogens (tertiary/aromatic N) is 1. The topological polar surface area (TPSA) is 83.6 Å². The van der Waals surface area contributed by atoms with Gasteiger partial charge in [-0.2, -0.15) is 0 Å². The van der Waals surface area contributed by atoms with Gasteiger partial charge in [0.2, 0.25) is 11.8 Å². The van der Waals surface area contributed by atoms with Crippen molar-refractivity contribution in [2.24, 2.45) is 5.73 Å². The Morgan fingerprint density at radius 2 is 2.23 bits per heavy atom. The number of aliphatic hydroxyl groups is 1. The van der Waals surface area contributed by atoms with E-state index in [1.807, 2.05) is 0 Å². The zero-order valence-electron chi connectivity index (χ0n) is 7.82. The third-order valence-corrected chi connectivity index (χ3v) is 1.52. The van der Waals surface area contributed by atoms with Gasteiger partial charge in [-0.3, -0.25) is 9.59 Å². The molecule has 5 nitrogen and oxygen atoms in total. The largest absolute Gasteiger partial charge is 0.397 e. The molecular weight excluding hydrogens is 172 g/mol. The van der Waals surface area contributed by atoms with Crippen LogP contribution in [-0.4, -0.2) is 41.5 Å². The summed E-state index contributed by atoms with van der Waals surface area (Å²) >= 11 is 0. The highest BCUT2D eigenvalue weighted by Gasteiger charge is 2.20. The minimum absolute atomic E-state index is 0.0406. The van der Waals surface area contributed by atoms with Crippen LogP contribution in [0.2, 0.25) is 0 Å². The Hall–Kier alpha value is -1.10. The lowest BCUT2D eigenvalue weighted by Gasteiger charge is -2.11. The molecule has 0 bridgehead atoms. The van der Waals surface area contributed by atoms with E-state index in [9.17, 15) is 9.59 Å². The predicted octanol–water partition coefficient (Wildman–Crippen LogP) is -0.907. The van der Waals surface area contributed by atoms with Gasteiger partial charge in [0.05, 0.1) is 6.54 Å². The highest BCUT2D eigenvalue weighted by atomic mass is 16.2. The molecule has 3 N–H and O–H groups in total. The molecule has 1 fully saturated rings. The van der Waals surface area contributed by atoms with Gasteiger partial charge in [-0.15, -0.1) is 0 Å². The van der Waals surface area contributed by atoms with Crippen molar-refractivity contribution < 1.29 is 14.7 Å². The first-order valence-corrected chi connectivity index (χ1v) is 4.28. The van der Waals surface area contributed by atoms with Gasteiger partial charge in [0.25, 0.3) is 0 Å². The number of hydrogen-bond acceptors (Lipinski definition) is 3. The van der Waals surface area contributed by atoms with Gasteiger partial charge in [0.1, 0.15) is 0 Å². The highest BCUT2D eigenvalue weighted by Crippen LogP contribution is 2.07. The van der Waals surface area contributed by atoms with Crippen LogP contribution in [0.15, 0.2) is 0 Å². The second kappa shape index (κ2) is 6.42. The average molecular weight is 188 g/mol. The molecule has 0 aromatic rings. The van der Waals surface area contributed by atoms with Crippen molar-refractivity contribution in [3.05, 3.63) is 0 Å². The average Bonchev–Trinajstić information content (AvgIpc) is 2.37. The second-order valence-electron chi connectivity index (χ2n) is 2.70. The number of amides is 2. The minimum Gasteiger partial charge on any atom is -0.397 e. The summed E-state index contributed by atoms with van der Waals surface area (Å²) in [4.78, 5) is 22.6. The van der Waals surface area contributed by atoms with E-state index in [-0.39, 0.29) is 19.1 Å². The van der Waals surface area contributed by atoms with Gasteiger partial charge < -0.3 is 15.7 Å². The van der Waals surface area contributed by atoms with Crippen LogP contribution in [0.4, 0.5) is 0 Å². The van der Waals surface area contributed by atoms with Gasteiger partial charge in [0.15, 0.2) is 0 Å². The molecule has 0 aromatic carbocycles. The number of nitrogens with two attached hydrogens (primary N) is 1. The Kier molecular flexibility index (Phi) is 5.88. The van der Waals surface area contributed by atoms with E-state index in [1.54, 1.807) is 6.92 Å². The molecule has 5 heteroatoms. The van der Waals surface area contributed by atoms with Gasteiger partial charge in [-0.25, -0.2) is 0 Å². The zero-order chi connectivity index (χ0) is 10.3. The van der Waals surface area contributed by atoms with E-state index >= 15 is 0 Å². The fourth-order valence-corrected chi connectivity index (χ4v) is 1.06. The summed E-state index contributed by atoms with van der Waals surface area (Å²) in [6.07, 6.45) is 1.42. The van der Waals surface area contributed by atoms with Gasteiger partial charge in [-0.05, 0) is 13.3 Å². The van der Waals surface area contributed by atoms with Crippen molar-refractivity contribution in [1.82, 2.24) is 4.90 Å². The first-order valence-electron chi connectivity index (χ1n) is 4.28. The number of likely N-dealkylation sites (tertiary alicyclic amines) is 1. The Morgan fingerprint density at radius 1 is 1.69 bits per heavy atom. The maximum Gasteiger partial charge on any atom is 0.237 e. The number of aliphatic hydroxyl groups excluding tert-OH is 1. The number of primary amides is 1. The Morgan fingerprint density at radius 3 is 2.54 bits per heavy atom. The summed E-state index contributed by atoms with van der Waals surface area (Å²) in [6.45, 7) is 2.70. The van der Waals surface area contributed by atoms with E-state index in [0.717, 1.165) is 6.42 Å². The lowest BCUT2D eigenvalue weighted by atomic mass is 10.4. The second-order valence-corrected chi connectivity index (χ2v) is 2.70. The first kappa shape index (κ1) is 11.9. The van der Waals surface area contributed by atoms with Gasteiger partial charge in [-0.1, -0.05) is 0 Å². The van der Waals surface area contributed by atoms with Crippen molar-refractivity contribution in [3.8, 4) is 0 Å². The van der Waals surface area contributed by atoms with Crippen LogP contribution in [0.5, 0.6) is 0 Å². The molecule has 0 atom stereocenters. The quantitative estimate of drug-likeness (QED) is 0.588. The maximum atomic E-state index is 10.8. The van der Waals surface area contributed by atoms with Crippen LogP contribution in [0.1, 0.15) is 19.8 Å². The minimum atomic E-state index is -0.435. The summed E-state index contributed by atoms with van der Waals surface area (Å²) in [5, 5.41) is 7.57. The fraction of sp³-hybridized carbons (Fsp3) is 0.750. The van der Waals surface area contributed by atoms with Gasteiger partial charge >= 0.3 is 0 Å². The molecule has 0 aliphatic carbocycles. The third-order valence-electron chi connectivity index (χ3n) is 1.52. The van der Waals surface area contributed by atoms with E-state index in [2.05, 4.69) is 0 Å². The van der Waals surface area contributed by atoms with Crippen LogP contribution in [0, 0.1) is 0 Å². The monoisotopic (exact) mass is 188 g/mol. The van der Waals surface area contributed by atoms with Crippen molar-refractivity contribution in [3.63, 3.8) is 0 Å². The first-order chi connectivity index (χ1) is 6.11. The molecule has 2 amide bonds. The predicted molar refractivity (Wildman–Crippen MR) is 47.8 cm³/mol. The van der Waals surface area contributed by atoms with Crippen molar-refractivity contribution in [2.45, 2.75) is 19.8 Å². The van der Waals surface area contributed by atoms with E-state index in [4.69, 9.17) is 10.8 Å².